The van der Waals surface area contributed by atoms with Crippen molar-refractivity contribution in [2.45, 2.75) is 71.1 Å². The zero-order valence-electron chi connectivity index (χ0n) is 15.6. The van der Waals surface area contributed by atoms with Gasteiger partial charge in [0, 0.05) is 6.42 Å². The van der Waals surface area contributed by atoms with Gasteiger partial charge in [-0.25, -0.2) is 5.43 Å². The Hall–Kier alpha value is -2.04. The highest BCUT2D eigenvalue weighted by Crippen LogP contribution is 2.25. The van der Waals surface area contributed by atoms with Gasteiger partial charge in [0.1, 0.15) is 0 Å². The van der Waals surface area contributed by atoms with Crippen LogP contribution in [0.1, 0.15) is 76.7 Å². The van der Waals surface area contributed by atoms with E-state index in [2.05, 4.69) is 17.5 Å². The lowest BCUT2D eigenvalue weighted by atomic mass is 10.1. The minimum absolute atomic E-state index is 0.0486. The molecule has 2 N–H and O–H groups in total. The first-order chi connectivity index (χ1) is 12.2. The zero-order valence-corrected chi connectivity index (χ0v) is 15.6. The molecule has 0 bridgehead atoms. The van der Waals surface area contributed by atoms with Crippen molar-refractivity contribution in [2.24, 2.45) is 5.10 Å². The topological polar surface area (TPSA) is 70.9 Å². The summed E-state index contributed by atoms with van der Waals surface area (Å²) in [4.78, 5) is 11.7. The van der Waals surface area contributed by atoms with Crippen LogP contribution in [0, 0.1) is 0 Å². The van der Waals surface area contributed by atoms with E-state index < -0.39 is 0 Å². The number of benzene rings is 1. The molecule has 0 fully saturated rings. The summed E-state index contributed by atoms with van der Waals surface area (Å²) < 4.78 is 4.97. The molecule has 0 saturated carbocycles. The van der Waals surface area contributed by atoms with Gasteiger partial charge in [0.2, 0.25) is 5.91 Å². The van der Waals surface area contributed by atoms with Gasteiger partial charge in [-0.05, 0) is 30.2 Å². The first-order valence-electron chi connectivity index (χ1n) is 9.36. The molecule has 0 aliphatic heterocycles. The molecule has 5 heteroatoms. The van der Waals surface area contributed by atoms with Crippen LogP contribution >= 0.6 is 0 Å². The Morgan fingerprint density at radius 1 is 1.12 bits per heavy atom. The number of methoxy groups -OCH3 is 1. The Balaban J connectivity index is 2.09. The van der Waals surface area contributed by atoms with Crippen LogP contribution in [-0.4, -0.2) is 24.3 Å². The van der Waals surface area contributed by atoms with Crippen LogP contribution in [0.4, 0.5) is 0 Å². The SMILES string of the molecule is CCCCCCCCCCCC(=O)NN=Cc1ccc(OC)c(O)c1. The fraction of sp³-hybridized carbons (Fsp3) is 0.600. The standard InChI is InChI=1S/C20H32N2O3/c1-3-4-5-6-7-8-9-10-11-12-20(24)22-21-16-17-13-14-19(25-2)18(23)15-17/h13-16,23H,3-12H2,1-2H3,(H,22,24). The van der Waals surface area contributed by atoms with Crippen LogP contribution in [0.2, 0.25) is 0 Å². The summed E-state index contributed by atoms with van der Waals surface area (Å²) in [5.41, 5.74) is 3.22. The summed E-state index contributed by atoms with van der Waals surface area (Å²) in [6, 6.07) is 4.95. The van der Waals surface area contributed by atoms with E-state index in [1.54, 1.807) is 12.1 Å². The van der Waals surface area contributed by atoms with Crippen molar-refractivity contribution >= 4 is 12.1 Å². The summed E-state index contributed by atoms with van der Waals surface area (Å²) in [6.07, 6.45) is 13.1. The summed E-state index contributed by atoms with van der Waals surface area (Å²) in [5.74, 6) is 0.385. The first kappa shape index (κ1) is 21.0. The molecule has 0 radical (unpaired) electrons. The van der Waals surface area contributed by atoms with Crippen molar-refractivity contribution in [1.29, 1.82) is 0 Å². The molecule has 0 unspecified atom stereocenters. The minimum Gasteiger partial charge on any atom is -0.504 e. The molecule has 1 aromatic carbocycles. The van der Waals surface area contributed by atoms with Gasteiger partial charge < -0.3 is 9.84 Å². The summed E-state index contributed by atoms with van der Waals surface area (Å²) in [7, 11) is 1.50. The van der Waals surface area contributed by atoms with Crippen LogP contribution in [-0.2, 0) is 4.79 Å². The molecule has 0 aliphatic rings. The third-order valence-electron chi connectivity index (χ3n) is 4.11. The second kappa shape index (κ2) is 13.3. The molecular formula is C20H32N2O3. The van der Waals surface area contributed by atoms with Gasteiger partial charge in [0.15, 0.2) is 11.5 Å². The van der Waals surface area contributed by atoms with Crippen molar-refractivity contribution in [2.75, 3.05) is 7.11 Å². The summed E-state index contributed by atoms with van der Waals surface area (Å²) in [6.45, 7) is 2.23. The van der Waals surface area contributed by atoms with Gasteiger partial charge in [-0.1, -0.05) is 58.3 Å². The second-order valence-electron chi connectivity index (χ2n) is 6.30. The maximum absolute atomic E-state index is 11.7. The van der Waals surface area contributed by atoms with E-state index in [4.69, 9.17) is 4.74 Å². The summed E-state index contributed by atoms with van der Waals surface area (Å²) >= 11 is 0. The molecular weight excluding hydrogens is 316 g/mol. The number of nitrogens with zero attached hydrogens (tertiary/aromatic N) is 1. The number of carbonyl (C=O) groups is 1. The van der Waals surface area contributed by atoms with Crippen LogP contribution in [0.15, 0.2) is 23.3 Å². The number of ether oxygens (including phenoxy) is 1. The Bertz CT molecular complexity index is 530. The Morgan fingerprint density at radius 3 is 2.36 bits per heavy atom. The Labute approximate surface area is 151 Å². The maximum atomic E-state index is 11.7. The molecule has 5 nitrogen and oxygen atoms in total. The number of hydrogen-bond donors (Lipinski definition) is 2. The predicted molar refractivity (Wildman–Crippen MR) is 102 cm³/mol. The van der Waals surface area contributed by atoms with Gasteiger partial charge >= 0.3 is 0 Å². The smallest absolute Gasteiger partial charge is 0.240 e. The number of phenolic OH excluding ortho intramolecular Hbond substituents is 1. The zero-order chi connectivity index (χ0) is 18.3. The van der Waals surface area contributed by atoms with Crippen molar-refractivity contribution in [3.8, 4) is 11.5 Å². The van der Waals surface area contributed by atoms with Gasteiger partial charge in [0.25, 0.3) is 0 Å². The fourth-order valence-electron chi connectivity index (χ4n) is 2.62. The molecule has 1 rings (SSSR count). The fourth-order valence-corrected chi connectivity index (χ4v) is 2.62. The molecule has 0 saturated heterocycles. The van der Waals surface area contributed by atoms with E-state index >= 15 is 0 Å². The average molecular weight is 348 g/mol. The lowest BCUT2D eigenvalue weighted by Gasteiger charge is -2.03. The van der Waals surface area contributed by atoms with Crippen molar-refractivity contribution in [3.05, 3.63) is 23.8 Å². The number of aromatic hydroxyl groups is 1. The minimum atomic E-state index is -0.0723. The molecule has 25 heavy (non-hydrogen) atoms. The summed E-state index contributed by atoms with van der Waals surface area (Å²) in [5, 5.41) is 13.6. The number of phenols is 1. The Kier molecular flexibility index (Phi) is 11.2. The van der Waals surface area contributed by atoms with E-state index in [0.29, 0.717) is 17.7 Å². The highest BCUT2D eigenvalue weighted by Gasteiger charge is 2.02. The highest BCUT2D eigenvalue weighted by atomic mass is 16.5. The van der Waals surface area contributed by atoms with E-state index in [1.165, 1.54) is 64.3 Å². The lowest BCUT2D eigenvalue weighted by Crippen LogP contribution is -2.16. The van der Waals surface area contributed by atoms with E-state index in [1.807, 2.05) is 0 Å². The molecule has 1 amide bonds. The maximum Gasteiger partial charge on any atom is 0.240 e. The quantitative estimate of drug-likeness (QED) is 0.306. The first-order valence-corrected chi connectivity index (χ1v) is 9.36. The van der Waals surface area contributed by atoms with E-state index in [9.17, 15) is 9.90 Å². The van der Waals surface area contributed by atoms with Crippen molar-refractivity contribution < 1.29 is 14.6 Å². The largest absolute Gasteiger partial charge is 0.504 e. The third-order valence-corrected chi connectivity index (χ3v) is 4.11. The van der Waals surface area contributed by atoms with Crippen LogP contribution < -0.4 is 10.2 Å². The lowest BCUT2D eigenvalue weighted by molar-refractivity contribution is -0.121. The molecule has 140 valence electrons. The van der Waals surface area contributed by atoms with Crippen LogP contribution in [0.3, 0.4) is 0 Å². The van der Waals surface area contributed by atoms with Gasteiger partial charge in [-0.15, -0.1) is 0 Å². The van der Waals surface area contributed by atoms with Gasteiger partial charge in [0.05, 0.1) is 13.3 Å². The molecule has 0 aromatic heterocycles. The van der Waals surface area contributed by atoms with Crippen molar-refractivity contribution in [3.63, 3.8) is 0 Å². The average Bonchev–Trinajstić information content (AvgIpc) is 2.60. The van der Waals surface area contributed by atoms with Gasteiger partial charge in [-0.3, -0.25) is 4.79 Å². The molecule has 0 aliphatic carbocycles. The number of rotatable bonds is 13. The van der Waals surface area contributed by atoms with Crippen LogP contribution in [0.5, 0.6) is 11.5 Å². The number of nitrogens with one attached hydrogen (secondary N) is 1. The Morgan fingerprint density at radius 2 is 1.76 bits per heavy atom. The monoisotopic (exact) mass is 348 g/mol. The molecule has 0 heterocycles. The molecule has 1 aromatic rings. The van der Waals surface area contributed by atoms with Gasteiger partial charge in [-0.2, -0.15) is 5.10 Å². The predicted octanol–water partition coefficient (Wildman–Crippen LogP) is 4.77. The highest BCUT2D eigenvalue weighted by molar-refractivity contribution is 5.83. The number of hydrazone groups is 1. The third kappa shape index (κ3) is 9.75. The van der Waals surface area contributed by atoms with Crippen LogP contribution in [0.25, 0.3) is 0 Å². The number of unbranched alkanes of at least 4 members (excludes halogenated alkanes) is 8. The molecule has 0 atom stereocenters. The van der Waals surface area contributed by atoms with E-state index in [0.717, 1.165) is 12.8 Å². The number of hydrogen-bond acceptors (Lipinski definition) is 4. The normalized spacial score (nSPS) is 11.0. The van der Waals surface area contributed by atoms with Crippen molar-refractivity contribution in [1.82, 2.24) is 5.43 Å². The number of carbonyl (C=O) groups excluding carboxylic acids is 1. The van der Waals surface area contributed by atoms with E-state index in [-0.39, 0.29) is 11.7 Å². The number of amides is 1. The molecule has 0 spiro atoms. The second-order valence-corrected chi connectivity index (χ2v) is 6.30.